The smallest absolute Gasteiger partial charge is 0.309 e. The van der Waals surface area contributed by atoms with E-state index in [1.807, 2.05) is 0 Å². The average Bonchev–Trinajstić information content (AvgIpc) is 3.07. The molecule has 0 aromatic carbocycles. The van der Waals surface area contributed by atoms with Crippen LogP contribution in [0.2, 0.25) is 0 Å². The molecule has 2 unspecified atom stereocenters. The zero-order chi connectivity index (χ0) is 19.7. The SMILES string of the molecule is COCc1ccc(C(=O)N2CCC3(NC(=O)C(=O)NCC4CC4)CCCC23)o1. The Morgan fingerprint density at radius 3 is 2.79 bits per heavy atom. The first-order valence-electron chi connectivity index (χ1n) is 10.0. The van der Waals surface area contributed by atoms with Gasteiger partial charge in [0.25, 0.3) is 5.91 Å². The van der Waals surface area contributed by atoms with E-state index in [9.17, 15) is 14.4 Å². The van der Waals surface area contributed by atoms with Gasteiger partial charge in [0.2, 0.25) is 0 Å². The van der Waals surface area contributed by atoms with Crippen molar-refractivity contribution in [2.45, 2.75) is 56.7 Å². The van der Waals surface area contributed by atoms with Crippen LogP contribution in [0.15, 0.2) is 16.5 Å². The number of likely N-dealkylation sites (tertiary alicyclic amines) is 1. The molecule has 2 aliphatic carbocycles. The normalized spacial score (nSPS) is 26.2. The Morgan fingerprint density at radius 2 is 2.04 bits per heavy atom. The predicted octanol–water partition coefficient (Wildman–Crippen LogP) is 1.21. The van der Waals surface area contributed by atoms with Gasteiger partial charge in [0, 0.05) is 20.2 Å². The van der Waals surface area contributed by atoms with Crippen LogP contribution in [-0.4, -0.2) is 54.4 Å². The summed E-state index contributed by atoms with van der Waals surface area (Å²) in [4.78, 5) is 39.3. The van der Waals surface area contributed by atoms with E-state index in [1.54, 1.807) is 24.1 Å². The fourth-order valence-electron chi connectivity index (χ4n) is 4.50. The molecule has 8 heteroatoms. The topological polar surface area (TPSA) is 101 Å². The minimum atomic E-state index is -0.595. The lowest BCUT2D eigenvalue weighted by Gasteiger charge is -2.32. The molecule has 152 valence electrons. The van der Waals surface area contributed by atoms with Crippen molar-refractivity contribution in [3.8, 4) is 0 Å². The second-order valence-corrected chi connectivity index (χ2v) is 8.12. The van der Waals surface area contributed by atoms with Crippen LogP contribution in [0.3, 0.4) is 0 Å². The molecule has 3 amide bonds. The second kappa shape index (κ2) is 7.58. The highest BCUT2D eigenvalue weighted by Gasteiger charge is 2.53. The predicted molar refractivity (Wildman–Crippen MR) is 99.3 cm³/mol. The van der Waals surface area contributed by atoms with Crippen molar-refractivity contribution >= 4 is 17.7 Å². The van der Waals surface area contributed by atoms with Gasteiger partial charge in [0.1, 0.15) is 12.4 Å². The van der Waals surface area contributed by atoms with Crippen LogP contribution in [0, 0.1) is 5.92 Å². The summed E-state index contributed by atoms with van der Waals surface area (Å²) in [6, 6.07) is 3.28. The van der Waals surface area contributed by atoms with E-state index < -0.39 is 17.4 Å². The maximum Gasteiger partial charge on any atom is 0.309 e. The van der Waals surface area contributed by atoms with E-state index >= 15 is 0 Å². The number of ether oxygens (including phenoxy) is 1. The molecule has 0 spiro atoms. The van der Waals surface area contributed by atoms with Gasteiger partial charge < -0.3 is 24.7 Å². The number of nitrogens with zero attached hydrogens (tertiary/aromatic N) is 1. The Labute approximate surface area is 164 Å². The van der Waals surface area contributed by atoms with Crippen LogP contribution in [0.4, 0.5) is 0 Å². The first kappa shape index (κ1) is 19.0. The van der Waals surface area contributed by atoms with Crippen molar-refractivity contribution in [2.24, 2.45) is 5.92 Å². The molecular formula is C20H27N3O5. The molecule has 1 saturated heterocycles. The molecule has 1 aliphatic heterocycles. The van der Waals surface area contributed by atoms with E-state index in [-0.39, 0.29) is 17.7 Å². The van der Waals surface area contributed by atoms with E-state index in [2.05, 4.69) is 10.6 Å². The molecule has 1 aromatic heterocycles. The van der Waals surface area contributed by atoms with Crippen molar-refractivity contribution in [1.29, 1.82) is 0 Å². The molecule has 8 nitrogen and oxygen atoms in total. The molecule has 2 heterocycles. The summed E-state index contributed by atoms with van der Waals surface area (Å²) in [5.74, 6) is 0.0504. The van der Waals surface area contributed by atoms with Crippen LogP contribution in [-0.2, 0) is 20.9 Å². The third-order valence-corrected chi connectivity index (χ3v) is 6.15. The first-order chi connectivity index (χ1) is 13.5. The Hall–Kier alpha value is -2.35. The molecule has 1 aromatic rings. The maximum absolute atomic E-state index is 13.0. The summed E-state index contributed by atoms with van der Waals surface area (Å²) < 4.78 is 10.6. The summed E-state index contributed by atoms with van der Waals surface area (Å²) in [6.45, 7) is 1.41. The van der Waals surface area contributed by atoms with Gasteiger partial charge in [-0.05, 0) is 56.6 Å². The Balaban J connectivity index is 1.41. The highest BCUT2D eigenvalue weighted by molar-refractivity contribution is 6.35. The fraction of sp³-hybridized carbons (Fsp3) is 0.650. The molecule has 2 atom stereocenters. The standard InChI is InChI=1S/C20H27N3O5/c1-27-12-14-6-7-15(28-14)19(26)23-10-9-20(8-2-3-16(20)23)22-18(25)17(24)21-11-13-4-5-13/h6-7,13,16H,2-5,8-12H2,1H3,(H,21,24)(H,22,25). The third-order valence-electron chi connectivity index (χ3n) is 6.15. The third kappa shape index (κ3) is 3.65. The minimum Gasteiger partial charge on any atom is -0.453 e. The van der Waals surface area contributed by atoms with Crippen LogP contribution >= 0.6 is 0 Å². The number of fused-ring (bicyclic) bond motifs is 1. The zero-order valence-electron chi connectivity index (χ0n) is 16.2. The molecule has 2 N–H and O–H groups in total. The second-order valence-electron chi connectivity index (χ2n) is 8.12. The summed E-state index contributed by atoms with van der Waals surface area (Å²) >= 11 is 0. The highest BCUT2D eigenvalue weighted by atomic mass is 16.5. The van der Waals surface area contributed by atoms with Crippen LogP contribution in [0.1, 0.15) is 54.8 Å². The van der Waals surface area contributed by atoms with Gasteiger partial charge in [-0.2, -0.15) is 0 Å². The van der Waals surface area contributed by atoms with Crippen molar-refractivity contribution in [3.63, 3.8) is 0 Å². The molecule has 28 heavy (non-hydrogen) atoms. The fourth-order valence-corrected chi connectivity index (χ4v) is 4.50. The summed E-state index contributed by atoms with van der Waals surface area (Å²) in [5.41, 5.74) is -0.522. The minimum absolute atomic E-state index is 0.115. The van der Waals surface area contributed by atoms with Crippen molar-refractivity contribution in [1.82, 2.24) is 15.5 Å². The number of carbonyl (C=O) groups excluding carboxylic acids is 3. The monoisotopic (exact) mass is 389 g/mol. The molecule has 0 radical (unpaired) electrons. The molecule has 3 aliphatic rings. The lowest BCUT2D eigenvalue weighted by molar-refractivity contribution is -0.140. The summed E-state index contributed by atoms with van der Waals surface area (Å²) in [7, 11) is 1.57. The van der Waals surface area contributed by atoms with E-state index in [4.69, 9.17) is 9.15 Å². The van der Waals surface area contributed by atoms with Gasteiger partial charge in [-0.3, -0.25) is 14.4 Å². The van der Waals surface area contributed by atoms with Gasteiger partial charge in [-0.25, -0.2) is 0 Å². The maximum atomic E-state index is 13.0. The van der Waals surface area contributed by atoms with E-state index in [0.29, 0.717) is 37.8 Å². The largest absolute Gasteiger partial charge is 0.453 e. The number of hydrogen-bond acceptors (Lipinski definition) is 5. The number of methoxy groups -OCH3 is 1. The number of amides is 3. The highest BCUT2D eigenvalue weighted by Crippen LogP contribution is 2.42. The number of nitrogens with one attached hydrogen (secondary N) is 2. The number of furan rings is 1. The van der Waals surface area contributed by atoms with Gasteiger partial charge >= 0.3 is 11.8 Å². The number of carbonyl (C=O) groups is 3. The summed E-state index contributed by atoms with van der Waals surface area (Å²) in [6.07, 6.45) is 5.37. The van der Waals surface area contributed by atoms with Crippen molar-refractivity contribution in [2.75, 3.05) is 20.2 Å². The average molecular weight is 389 g/mol. The Kier molecular flexibility index (Phi) is 5.14. The van der Waals surface area contributed by atoms with Crippen molar-refractivity contribution in [3.05, 3.63) is 23.7 Å². The van der Waals surface area contributed by atoms with Crippen molar-refractivity contribution < 1.29 is 23.5 Å². The Bertz CT molecular complexity index is 772. The number of hydrogen-bond donors (Lipinski definition) is 2. The summed E-state index contributed by atoms with van der Waals surface area (Å²) in [5, 5.41) is 5.68. The van der Waals surface area contributed by atoms with Crippen LogP contribution < -0.4 is 10.6 Å². The Morgan fingerprint density at radius 1 is 1.21 bits per heavy atom. The van der Waals surface area contributed by atoms with Crippen LogP contribution in [0.25, 0.3) is 0 Å². The van der Waals surface area contributed by atoms with Gasteiger partial charge in [-0.15, -0.1) is 0 Å². The van der Waals surface area contributed by atoms with Crippen LogP contribution in [0.5, 0.6) is 0 Å². The van der Waals surface area contributed by atoms with E-state index in [0.717, 1.165) is 32.1 Å². The molecule has 4 rings (SSSR count). The lowest BCUT2D eigenvalue weighted by atomic mass is 9.92. The molecule has 2 saturated carbocycles. The lowest BCUT2D eigenvalue weighted by Crippen LogP contribution is -2.57. The molecule has 3 fully saturated rings. The quantitative estimate of drug-likeness (QED) is 0.712. The number of rotatable bonds is 6. The van der Waals surface area contributed by atoms with E-state index in [1.165, 1.54) is 0 Å². The van der Waals surface area contributed by atoms with Gasteiger partial charge in [0.15, 0.2) is 5.76 Å². The molecule has 0 bridgehead atoms. The van der Waals surface area contributed by atoms with Gasteiger partial charge in [0.05, 0.1) is 11.6 Å². The first-order valence-corrected chi connectivity index (χ1v) is 10.0. The molecular weight excluding hydrogens is 362 g/mol. The van der Waals surface area contributed by atoms with Gasteiger partial charge in [-0.1, -0.05) is 0 Å². The zero-order valence-corrected chi connectivity index (χ0v) is 16.2.